The third kappa shape index (κ3) is 2.18. The van der Waals surface area contributed by atoms with Crippen molar-refractivity contribution in [1.82, 2.24) is 4.98 Å². The molecule has 1 fully saturated rings. The SMILES string of the molecule is CC1CC(c2ccccc2)(c2nccs2)N(c2ccccc2)C1=O. The quantitative estimate of drug-likeness (QED) is 0.708. The van der Waals surface area contributed by atoms with Gasteiger partial charge in [0.25, 0.3) is 0 Å². The Morgan fingerprint density at radius 2 is 1.75 bits per heavy atom. The lowest BCUT2D eigenvalue weighted by atomic mass is 9.85. The van der Waals surface area contributed by atoms with Crippen molar-refractivity contribution >= 4 is 22.9 Å². The molecule has 1 saturated heterocycles. The number of para-hydroxylation sites is 1. The van der Waals surface area contributed by atoms with E-state index in [1.54, 1.807) is 11.3 Å². The Kier molecular flexibility index (Phi) is 3.69. The van der Waals surface area contributed by atoms with E-state index >= 15 is 0 Å². The molecule has 24 heavy (non-hydrogen) atoms. The van der Waals surface area contributed by atoms with Crippen LogP contribution in [0.4, 0.5) is 5.69 Å². The molecule has 2 atom stereocenters. The summed E-state index contributed by atoms with van der Waals surface area (Å²) in [6.45, 7) is 2.01. The number of carbonyl (C=O) groups is 1. The zero-order valence-electron chi connectivity index (χ0n) is 13.4. The van der Waals surface area contributed by atoms with Crippen LogP contribution in [-0.4, -0.2) is 10.9 Å². The molecule has 1 aromatic heterocycles. The molecule has 0 bridgehead atoms. The molecule has 3 nitrogen and oxygen atoms in total. The van der Waals surface area contributed by atoms with Crippen LogP contribution in [0.3, 0.4) is 0 Å². The summed E-state index contributed by atoms with van der Waals surface area (Å²) >= 11 is 1.61. The Morgan fingerprint density at radius 1 is 1.08 bits per heavy atom. The maximum Gasteiger partial charge on any atom is 0.231 e. The fraction of sp³-hybridized carbons (Fsp3) is 0.200. The number of hydrogen-bond acceptors (Lipinski definition) is 3. The average Bonchev–Trinajstić information content (AvgIpc) is 3.25. The number of rotatable bonds is 3. The summed E-state index contributed by atoms with van der Waals surface area (Å²) in [5.74, 6) is 0.106. The third-order valence-electron chi connectivity index (χ3n) is 4.68. The minimum Gasteiger partial charge on any atom is -0.295 e. The molecule has 1 amide bonds. The Morgan fingerprint density at radius 3 is 2.38 bits per heavy atom. The molecular weight excluding hydrogens is 316 g/mol. The largest absolute Gasteiger partial charge is 0.295 e. The molecule has 1 aliphatic rings. The van der Waals surface area contributed by atoms with Gasteiger partial charge in [-0.15, -0.1) is 11.3 Å². The first-order valence-electron chi connectivity index (χ1n) is 8.08. The second kappa shape index (κ2) is 5.87. The molecule has 4 heteroatoms. The lowest BCUT2D eigenvalue weighted by molar-refractivity contribution is -0.120. The molecular formula is C20H18N2OS. The molecule has 4 rings (SSSR count). The Hall–Kier alpha value is -2.46. The first-order valence-corrected chi connectivity index (χ1v) is 8.96. The van der Waals surface area contributed by atoms with E-state index in [9.17, 15) is 4.79 Å². The van der Waals surface area contributed by atoms with Crippen LogP contribution >= 0.6 is 11.3 Å². The second-order valence-electron chi connectivity index (χ2n) is 6.18. The maximum absolute atomic E-state index is 13.1. The van der Waals surface area contributed by atoms with Gasteiger partial charge in [-0.25, -0.2) is 4.98 Å². The Bertz CT molecular complexity index is 833. The number of aromatic nitrogens is 1. The highest BCUT2D eigenvalue weighted by Gasteiger charge is 2.53. The Labute approximate surface area is 145 Å². The molecule has 0 saturated carbocycles. The lowest BCUT2D eigenvalue weighted by Crippen LogP contribution is -2.44. The van der Waals surface area contributed by atoms with E-state index in [0.29, 0.717) is 0 Å². The van der Waals surface area contributed by atoms with E-state index in [2.05, 4.69) is 17.1 Å². The maximum atomic E-state index is 13.1. The van der Waals surface area contributed by atoms with E-state index in [0.717, 1.165) is 22.7 Å². The van der Waals surface area contributed by atoms with Crippen LogP contribution in [0.1, 0.15) is 23.9 Å². The number of amides is 1. The van der Waals surface area contributed by atoms with Crippen molar-refractivity contribution in [2.24, 2.45) is 5.92 Å². The smallest absolute Gasteiger partial charge is 0.231 e. The zero-order valence-corrected chi connectivity index (χ0v) is 14.2. The van der Waals surface area contributed by atoms with Crippen molar-refractivity contribution in [2.45, 2.75) is 18.9 Å². The summed E-state index contributed by atoms with van der Waals surface area (Å²) in [4.78, 5) is 19.7. The van der Waals surface area contributed by atoms with Gasteiger partial charge >= 0.3 is 0 Å². The molecule has 0 radical (unpaired) electrons. The van der Waals surface area contributed by atoms with Crippen LogP contribution in [0.15, 0.2) is 72.2 Å². The van der Waals surface area contributed by atoms with E-state index in [4.69, 9.17) is 0 Å². The summed E-state index contributed by atoms with van der Waals surface area (Å²) in [6, 6.07) is 20.2. The van der Waals surface area contributed by atoms with Crippen molar-refractivity contribution in [3.05, 3.63) is 82.8 Å². The predicted octanol–water partition coefficient (Wildman–Crippen LogP) is 4.46. The number of anilines is 1. The lowest BCUT2D eigenvalue weighted by Gasteiger charge is -2.37. The number of thiazole rings is 1. The fourth-order valence-electron chi connectivity index (χ4n) is 3.65. The van der Waals surface area contributed by atoms with Crippen LogP contribution in [0, 0.1) is 5.92 Å². The molecule has 0 N–H and O–H groups in total. The van der Waals surface area contributed by atoms with Gasteiger partial charge in [-0.2, -0.15) is 0 Å². The van der Waals surface area contributed by atoms with Crippen molar-refractivity contribution in [2.75, 3.05) is 4.90 Å². The first-order chi connectivity index (χ1) is 11.7. The van der Waals surface area contributed by atoms with Crippen molar-refractivity contribution in [1.29, 1.82) is 0 Å². The summed E-state index contributed by atoms with van der Waals surface area (Å²) in [5, 5.41) is 2.95. The van der Waals surface area contributed by atoms with Crippen LogP contribution in [0.25, 0.3) is 0 Å². The van der Waals surface area contributed by atoms with Gasteiger partial charge in [-0.1, -0.05) is 55.5 Å². The van der Waals surface area contributed by atoms with Crippen LogP contribution in [0.5, 0.6) is 0 Å². The molecule has 1 aliphatic heterocycles. The number of carbonyl (C=O) groups excluding carboxylic acids is 1. The predicted molar refractivity (Wildman–Crippen MR) is 97.0 cm³/mol. The molecule has 2 unspecified atom stereocenters. The highest BCUT2D eigenvalue weighted by Crippen LogP contribution is 2.49. The molecule has 3 aromatic rings. The monoisotopic (exact) mass is 334 g/mol. The molecule has 2 aromatic carbocycles. The van der Waals surface area contributed by atoms with Crippen molar-refractivity contribution in [3.8, 4) is 0 Å². The summed E-state index contributed by atoms with van der Waals surface area (Å²) in [6.07, 6.45) is 2.56. The van der Waals surface area contributed by atoms with Gasteiger partial charge in [-0.3, -0.25) is 9.69 Å². The van der Waals surface area contributed by atoms with Gasteiger partial charge in [0.1, 0.15) is 10.5 Å². The van der Waals surface area contributed by atoms with E-state index in [1.807, 2.05) is 71.9 Å². The van der Waals surface area contributed by atoms with Crippen molar-refractivity contribution < 1.29 is 4.79 Å². The normalized spacial score (nSPS) is 23.6. The topological polar surface area (TPSA) is 33.2 Å². The first kappa shape index (κ1) is 15.1. The van der Waals surface area contributed by atoms with Gasteiger partial charge in [0, 0.05) is 23.2 Å². The fourth-order valence-corrected chi connectivity index (χ4v) is 4.51. The molecule has 0 aliphatic carbocycles. The van der Waals surface area contributed by atoms with Crippen molar-refractivity contribution in [3.63, 3.8) is 0 Å². The Balaban J connectivity index is 1.99. The summed E-state index contributed by atoms with van der Waals surface area (Å²) in [7, 11) is 0. The van der Waals surface area contributed by atoms with Gasteiger partial charge in [-0.05, 0) is 24.1 Å². The number of benzene rings is 2. The highest BCUT2D eigenvalue weighted by atomic mass is 32.1. The molecule has 120 valence electrons. The minimum atomic E-state index is -0.534. The van der Waals surface area contributed by atoms with E-state index in [-0.39, 0.29) is 11.8 Å². The number of nitrogens with zero attached hydrogens (tertiary/aromatic N) is 2. The number of hydrogen-bond donors (Lipinski definition) is 0. The van der Waals surface area contributed by atoms with E-state index < -0.39 is 5.54 Å². The van der Waals surface area contributed by atoms with Gasteiger partial charge in [0.15, 0.2) is 0 Å². The molecule has 0 spiro atoms. The second-order valence-corrected chi connectivity index (χ2v) is 7.07. The van der Waals surface area contributed by atoms with Crippen LogP contribution < -0.4 is 4.90 Å². The van der Waals surface area contributed by atoms with Gasteiger partial charge in [0.05, 0.1) is 0 Å². The van der Waals surface area contributed by atoms with E-state index in [1.165, 1.54) is 0 Å². The minimum absolute atomic E-state index is 0.0469. The highest BCUT2D eigenvalue weighted by molar-refractivity contribution is 7.09. The summed E-state index contributed by atoms with van der Waals surface area (Å²) < 4.78 is 0. The summed E-state index contributed by atoms with van der Waals surface area (Å²) in [5.41, 5.74) is 1.50. The zero-order chi connectivity index (χ0) is 16.6. The van der Waals surface area contributed by atoms with Gasteiger partial charge < -0.3 is 0 Å². The standard InChI is InChI=1S/C20H18N2OS/c1-15-14-20(19-21-12-13-24-19,16-8-4-2-5-9-16)22(18(15)23)17-10-6-3-7-11-17/h2-13,15H,14H2,1H3. The van der Waals surface area contributed by atoms with Crippen LogP contribution in [-0.2, 0) is 10.3 Å². The van der Waals surface area contributed by atoms with Gasteiger partial charge in [0.2, 0.25) is 5.91 Å². The molecule has 2 heterocycles. The van der Waals surface area contributed by atoms with Crippen LogP contribution in [0.2, 0.25) is 0 Å². The third-order valence-corrected chi connectivity index (χ3v) is 5.60. The average molecular weight is 334 g/mol.